The normalized spacial score (nSPS) is 14.1. The highest BCUT2D eigenvalue weighted by Crippen LogP contribution is 2.23. The molecule has 0 saturated carbocycles. The minimum absolute atomic E-state index is 0.0323. The van der Waals surface area contributed by atoms with Crippen LogP contribution in [0.15, 0.2) is 15.5 Å². The van der Waals surface area contributed by atoms with Crippen molar-refractivity contribution < 1.29 is 0 Å². The highest BCUT2D eigenvalue weighted by Gasteiger charge is 2.19. The van der Waals surface area contributed by atoms with Gasteiger partial charge in [-0.2, -0.15) is 4.37 Å². The van der Waals surface area contributed by atoms with Gasteiger partial charge in [-0.15, -0.1) is 0 Å². The summed E-state index contributed by atoms with van der Waals surface area (Å²) in [7, 11) is 3.62. The van der Waals surface area contributed by atoms with Crippen LogP contribution in [0.4, 0.5) is 5.82 Å². The summed E-state index contributed by atoms with van der Waals surface area (Å²) in [6.45, 7) is 0.741. The van der Waals surface area contributed by atoms with Gasteiger partial charge >= 0.3 is 0 Å². The van der Waals surface area contributed by atoms with Gasteiger partial charge in [0.15, 0.2) is 0 Å². The summed E-state index contributed by atoms with van der Waals surface area (Å²) in [6.07, 6.45) is 5.99. The van der Waals surface area contributed by atoms with Crippen molar-refractivity contribution >= 4 is 45.6 Å². The summed E-state index contributed by atoms with van der Waals surface area (Å²) in [5, 5.41) is 1.09. The van der Waals surface area contributed by atoms with Crippen LogP contribution in [0.2, 0.25) is 0 Å². The lowest BCUT2D eigenvalue weighted by molar-refractivity contribution is 0.579. The molecule has 2 aromatic rings. The molecule has 0 saturated heterocycles. The van der Waals surface area contributed by atoms with Gasteiger partial charge in [0, 0.05) is 38.3 Å². The molecule has 3 rings (SSSR count). The van der Waals surface area contributed by atoms with Crippen molar-refractivity contribution in [3.05, 3.63) is 30.8 Å². The van der Waals surface area contributed by atoms with E-state index < -0.39 is 0 Å². The van der Waals surface area contributed by atoms with Crippen LogP contribution in [0.25, 0.3) is 12.3 Å². The monoisotopic (exact) mass is 326 g/mol. The molecule has 18 heavy (non-hydrogen) atoms. The molecule has 0 spiro atoms. The molecule has 0 atom stereocenters. The summed E-state index contributed by atoms with van der Waals surface area (Å²) < 4.78 is 9.35. The summed E-state index contributed by atoms with van der Waals surface area (Å²) in [5.41, 5.74) is -0.0323. The van der Waals surface area contributed by atoms with Gasteiger partial charge in [-0.3, -0.25) is 14.2 Å². The third kappa shape index (κ3) is 1.58. The second-order valence-corrected chi connectivity index (χ2v) is 5.75. The molecular formula is C11H11BrN4OS. The Bertz CT molecular complexity index is 785. The number of nitrogens with zero attached hydrogens (tertiary/aromatic N) is 4. The minimum Gasteiger partial charge on any atom is -0.328 e. The molecule has 7 heteroatoms. The van der Waals surface area contributed by atoms with Gasteiger partial charge in [-0.1, -0.05) is 0 Å². The first-order valence-electron chi connectivity index (χ1n) is 5.40. The van der Waals surface area contributed by atoms with Crippen LogP contribution in [0.5, 0.6) is 0 Å². The van der Waals surface area contributed by atoms with E-state index in [0.717, 1.165) is 17.6 Å². The number of fused-ring (bicyclic) bond motifs is 1. The van der Waals surface area contributed by atoms with Crippen molar-refractivity contribution in [3.63, 3.8) is 0 Å². The van der Waals surface area contributed by atoms with Crippen molar-refractivity contribution in [3.8, 4) is 0 Å². The van der Waals surface area contributed by atoms with E-state index in [1.807, 2.05) is 29.0 Å². The van der Waals surface area contributed by atoms with Crippen LogP contribution in [-0.2, 0) is 14.1 Å². The zero-order valence-corrected chi connectivity index (χ0v) is 12.3. The molecule has 0 bridgehead atoms. The first-order chi connectivity index (χ1) is 8.59. The zero-order valence-electron chi connectivity index (χ0n) is 9.92. The van der Waals surface area contributed by atoms with Crippen LogP contribution in [-0.4, -0.2) is 20.3 Å². The summed E-state index contributed by atoms with van der Waals surface area (Å²) in [4.78, 5) is 13.9. The average Bonchev–Trinajstić information content (AvgIpc) is 2.90. The summed E-state index contributed by atoms with van der Waals surface area (Å²) in [6, 6.07) is 0. The average molecular weight is 327 g/mol. The van der Waals surface area contributed by atoms with Gasteiger partial charge in [0.1, 0.15) is 10.3 Å². The van der Waals surface area contributed by atoms with Crippen molar-refractivity contribution in [2.24, 2.45) is 14.1 Å². The predicted octanol–water partition coefficient (Wildman–Crippen LogP) is -0.0185. The lowest BCUT2D eigenvalue weighted by Crippen LogP contribution is -2.33. The van der Waals surface area contributed by atoms with E-state index in [4.69, 9.17) is 0 Å². The first-order valence-corrected chi connectivity index (χ1v) is 6.97. The molecule has 0 N–H and O–H groups in total. The van der Waals surface area contributed by atoms with Crippen molar-refractivity contribution in [2.75, 3.05) is 11.4 Å². The largest absolute Gasteiger partial charge is 0.328 e. The molecule has 5 nitrogen and oxygen atoms in total. The van der Waals surface area contributed by atoms with E-state index in [1.165, 1.54) is 16.1 Å². The van der Waals surface area contributed by atoms with Crippen molar-refractivity contribution in [2.45, 2.75) is 0 Å². The molecule has 0 unspecified atom stereocenters. The molecule has 1 aliphatic heterocycles. The molecule has 94 valence electrons. The maximum Gasteiger partial charge on any atom is 0.282 e. The number of rotatable bonds is 1. The third-order valence-corrected chi connectivity index (χ3v) is 4.61. The van der Waals surface area contributed by atoms with Crippen LogP contribution < -0.4 is 20.2 Å². The van der Waals surface area contributed by atoms with Gasteiger partial charge in [-0.05, 0) is 33.5 Å². The number of aromatic nitrogens is 3. The van der Waals surface area contributed by atoms with Gasteiger partial charge in [0.05, 0.1) is 4.53 Å². The van der Waals surface area contributed by atoms with Crippen molar-refractivity contribution in [1.29, 1.82) is 0 Å². The van der Waals surface area contributed by atoms with E-state index >= 15 is 0 Å². The molecule has 0 radical (unpaired) electrons. The molecular weight excluding hydrogens is 316 g/mol. The third-order valence-electron chi connectivity index (χ3n) is 3.10. The second kappa shape index (κ2) is 4.10. The minimum atomic E-state index is -0.0323. The predicted molar refractivity (Wildman–Crippen MR) is 76.0 cm³/mol. The maximum atomic E-state index is 11.9. The standard InChI is InChI=1S/C11H11BrN4OS/c1-14-10(9(12)11(17)15(14)2)16-4-3-8-7(6-16)5-13-18-8/h3,5-6H,4H2,1-2H3. The zero-order chi connectivity index (χ0) is 12.9. The SMILES string of the molecule is Cn1c(N2C=c3cnsc3=CC2)c(Br)c(=O)n1C. The number of anilines is 1. The Morgan fingerprint density at radius 3 is 2.83 bits per heavy atom. The van der Waals surface area contributed by atoms with E-state index in [1.54, 1.807) is 11.7 Å². The number of hydrogen-bond acceptors (Lipinski definition) is 4. The first kappa shape index (κ1) is 11.7. The van der Waals surface area contributed by atoms with Crippen LogP contribution in [0.3, 0.4) is 0 Å². The topological polar surface area (TPSA) is 43.1 Å². The molecule has 0 aromatic carbocycles. The fraction of sp³-hybridized carbons (Fsp3) is 0.273. The van der Waals surface area contributed by atoms with Crippen molar-refractivity contribution in [1.82, 2.24) is 13.7 Å². The van der Waals surface area contributed by atoms with Crippen LogP contribution >= 0.6 is 27.5 Å². The lowest BCUT2D eigenvalue weighted by Gasteiger charge is -2.21. The lowest BCUT2D eigenvalue weighted by atomic mass is 10.3. The van der Waals surface area contributed by atoms with E-state index in [2.05, 4.69) is 26.4 Å². The van der Waals surface area contributed by atoms with E-state index in [-0.39, 0.29) is 5.56 Å². The van der Waals surface area contributed by atoms with Crippen LogP contribution in [0, 0.1) is 0 Å². The number of halogens is 1. The summed E-state index contributed by atoms with van der Waals surface area (Å²) >= 11 is 4.87. The maximum absolute atomic E-state index is 11.9. The molecule has 3 heterocycles. The van der Waals surface area contributed by atoms with Gasteiger partial charge in [0.25, 0.3) is 5.56 Å². The molecule has 0 aliphatic carbocycles. The summed E-state index contributed by atoms with van der Waals surface area (Å²) in [5.74, 6) is 0.857. The Kier molecular flexibility index (Phi) is 2.67. The quantitative estimate of drug-likeness (QED) is 0.740. The molecule has 0 amide bonds. The molecule has 0 fully saturated rings. The van der Waals surface area contributed by atoms with E-state index in [9.17, 15) is 4.79 Å². The Labute approximate surface area is 116 Å². The van der Waals surface area contributed by atoms with Gasteiger partial charge < -0.3 is 4.90 Å². The highest BCUT2D eigenvalue weighted by molar-refractivity contribution is 9.10. The van der Waals surface area contributed by atoms with Gasteiger partial charge in [-0.25, -0.2) is 0 Å². The van der Waals surface area contributed by atoms with E-state index in [0.29, 0.717) is 4.47 Å². The second-order valence-electron chi connectivity index (χ2n) is 4.12. The number of hydrogen-bond donors (Lipinski definition) is 0. The molecule has 2 aromatic heterocycles. The smallest absolute Gasteiger partial charge is 0.282 e. The fourth-order valence-corrected chi connectivity index (χ4v) is 3.41. The molecule has 1 aliphatic rings. The van der Waals surface area contributed by atoms with Crippen LogP contribution in [0.1, 0.15) is 0 Å². The Morgan fingerprint density at radius 1 is 1.39 bits per heavy atom. The Morgan fingerprint density at radius 2 is 2.17 bits per heavy atom. The Hall–Kier alpha value is -1.34. The highest BCUT2D eigenvalue weighted by atomic mass is 79.9. The Balaban J connectivity index is 2.19. The fourth-order valence-electron chi connectivity index (χ4n) is 2.03. The van der Waals surface area contributed by atoms with Gasteiger partial charge in [0.2, 0.25) is 0 Å².